The van der Waals surface area contributed by atoms with Gasteiger partial charge < -0.3 is 5.32 Å². The molecule has 0 bridgehead atoms. The van der Waals surface area contributed by atoms with E-state index in [2.05, 4.69) is 51.2 Å². The zero-order chi connectivity index (χ0) is 14.6. The predicted octanol–water partition coefficient (Wildman–Crippen LogP) is 5.04. The normalized spacial score (nSPS) is 21.3. The minimum atomic E-state index is 0.440. The Morgan fingerprint density at radius 3 is 2.70 bits per heavy atom. The molecule has 1 heteroatoms. The summed E-state index contributed by atoms with van der Waals surface area (Å²) in [6.45, 7) is 10.5. The van der Waals surface area contributed by atoms with Crippen molar-refractivity contribution in [1.82, 2.24) is 5.32 Å². The number of hydrogen-bond donors (Lipinski definition) is 1. The van der Waals surface area contributed by atoms with E-state index < -0.39 is 0 Å². The maximum Gasteiger partial charge on any atom is 0.0328 e. The number of hydrogen-bond acceptors (Lipinski definition) is 1. The molecule has 0 saturated carbocycles. The average molecular weight is 273 g/mol. The highest BCUT2D eigenvalue weighted by molar-refractivity contribution is 5.36. The van der Waals surface area contributed by atoms with Crippen LogP contribution in [-0.2, 0) is 12.8 Å². The van der Waals surface area contributed by atoms with Gasteiger partial charge in [-0.2, -0.15) is 0 Å². The van der Waals surface area contributed by atoms with Crippen LogP contribution in [0.3, 0.4) is 0 Å². The second kappa shape index (κ2) is 6.76. The molecule has 0 fully saturated rings. The molecule has 1 N–H and O–H groups in total. The maximum atomic E-state index is 3.79. The van der Waals surface area contributed by atoms with Gasteiger partial charge >= 0.3 is 0 Å². The van der Waals surface area contributed by atoms with Crippen LogP contribution >= 0.6 is 0 Å². The van der Waals surface area contributed by atoms with Gasteiger partial charge in [0.05, 0.1) is 0 Å². The summed E-state index contributed by atoms with van der Waals surface area (Å²) in [7, 11) is 0. The first-order valence-corrected chi connectivity index (χ1v) is 8.41. The lowest BCUT2D eigenvalue weighted by Crippen LogP contribution is -2.26. The topological polar surface area (TPSA) is 12.0 Å². The van der Waals surface area contributed by atoms with Crippen molar-refractivity contribution >= 4 is 0 Å². The second-order valence-corrected chi connectivity index (χ2v) is 7.16. The van der Waals surface area contributed by atoms with Gasteiger partial charge in [-0.05, 0) is 60.8 Å². The van der Waals surface area contributed by atoms with E-state index in [1.54, 1.807) is 11.1 Å². The summed E-state index contributed by atoms with van der Waals surface area (Å²) in [6, 6.07) is 7.76. The number of rotatable bonds is 5. The van der Waals surface area contributed by atoms with E-state index in [0.717, 1.165) is 6.54 Å². The lowest BCUT2D eigenvalue weighted by Gasteiger charge is -2.28. The quantitative estimate of drug-likeness (QED) is 0.741. The molecule has 1 aliphatic rings. The first kappa shape index (κ1) is 15.6. The molecule has 1 atom stereocenters. The average Bonchev–Trinajstić information content (AvgIpc) is 2.54. The van der Waals surface area contributed by atoms with E-state index in [0.29, 0.717) is 11.5 Å². The third kappa shape index (κ3) is 3.85. The Bertz CT molecular complexity index is 433. The molecule has 0 heterocycles. The van der Waals surface area contributed by atoms with Crippen LogP contribution in [0.1, 0.15) is 76.1 Å². The highest BCUT2D eigenvalue weighted by Crippen LogP contribution is 2.39. The minimum Gasteiger partial charge on any atom is -0.310 e. The summed E-state index contributed by atoms with van der Waals surface area (Å²) < 4.78 is 0. The summed E-state index contributed by atoms with van der Waals surface area (Å²) in [5.41, 5.74) is 5.10. The van der Waals surface area contributed by atoms with E-state index in [-0.39, 0.29) is 0 Å². The molecule has 1 aromatic rings. The van der Waals surface area contributed by atoms with Crippen molar-refractivity contribution in [1.29, 1.82) is 0 Å². The van der Waals surface area contributed by atoms with Crippen LogP contribution in [0.25, 0.3) is 0 Å². The lowest BCUT2D eigenvalue weighted by molar-refractivity contribution is 0.273. The van der Waals surface area contributed by atoms with E-state index in [1.165, 1.54) is 44.1 Å². The highest BCUT2D eigenvalue weighted by atomic mass is 14.9. The molecule has 0 spiro atoms. The van der Waals surface area contributed by atoms with Crippen molar-refractivity contribution in [2.45, 2.75) is 72.3 Å². The number of fused-ring (bicyclic) bond motifs is 1. The summed E-state index contributed by atoms with van der Waals surface area (Å²) in [6.07, 6.45) is 7.45. The Labute approximate surface area is 125 Å². The van der Waals surface area contributed by atoms with Gasteiger partial charge in [0, 0.05) is 6.04 Å². The Balaban J connectivity index is 2.30. The molecule has 1 unspecified atom stereocenters. The van der Waals surface area contributed by atoms with Crippen molar-refractivity contribution < 1.29 is 0 Å². The van der Waals surface area contributed by atoms with Crippen LogP contribution in [-0.4, -0.2) is 6.54 Å². The monoisotopic (exact) mass is 273 g/mol. The van der Waals surface area contributed by atoms with Crippen LogP contribution in [0.5, 0.6) is 0 Å². The van der Waals surface area contributed by atoms with Crippen LogP contribution in [0, 0.1) is 5.41 Å². The molecule has 0 aliphatic heterocycles. The number of nitrogens with one attached hydrogen (secondary N) is 1. The van der Waals surface area contributed by atoms with Gasteiger partial charge in [0.2, 0.25) is 0 Å². The Kier molecular flexibility index (Phi) is 5.26. The zero-order valence-electron chi connectivity index (χ0n) is 13.8. The van der Waals surface area contributed by atoms with Crippen molar-refractivity contribution in [3.8, 4) is 0 Å². The highest BCUT2D eigenvalue weighted by Gasteiger charge is 2.29. The van der Waals surface area contributed by atoms with Gasteiger partial charge in [-0.3, -0.25) is 0 Å². The molecule has 1 aromatic carbocycles. The molecule has 1 aliphatic carbocycles. The summed E-state index contributed by atoms with van der Waals surface area (Å²) in [5, 5.41) is 3.79. The maximum absolute atomic E-state index is 3.79. The van der Waals surface area contributed by atoms with Crippen LogP contribution < -0.4 is 5.32 Å². The second-order valence-electron chi connectivity index (χ2n) is 7.16. The smallest absolute Gasteiger partial charge is 0.0328 e. The Morgan fingerprint density at radius 1 is 1.20 bits per heavy atom. The van der Waals surface area contributed by atoms with Crippen molar-refractivity contribution in [3.05, 3.63) is 34.9 Å². The molecule has 2 rings (SSSR count). The van der Waals surface area contributed by atoms with E-state index in [4.69, 9.17) is 0 Å². The van der Waals surface area contributed by atoms with Crippen molar-refractivity contribution in [2.75, 3.05) is 6.54 Å². The van der Waals surface area contributed by atoms with Gasteiger partial charge in [0.15, 0.2) is 0 Å². The van der Waals surface area contributed by atoms with Gasteiger partial charge in [0.25, 0.3) is 0 Å². The van der Waals surface area contributed by atoms with Gasteiger partial charge in [-0.15, -0.1) is 0 Å². The van der Waals surface area contributed by atoms with Crippen LogP contribution in [0.4, 0.5) is 0 Å². The summed E-state index contributed by atoms with van der Waals surface area (Å²) in [5.74, 6) is 0. The third-order valence-electron chi connectivity index (χ3n) is 4.59. The van der Waals surface area contributed by atoms with Crippen molar-refractivity contribution in [2.24, 2.45) is 5.41 Å². The molecule has 1 nitrogen and oxygen atoms in total. The van der Waals surface area contributed by atoms with Gasteiger partial charge in [-0.25, -0.2) is 0 Å². The standard InChI is InChI=1S/C19H31N/c1-5-7-15-8-9-16-10-11-19(3,4)14-18(17(16)13-15)20-12-6-2/h8-9,13,18,20H,5-7,10-12,14H2,1-4H3. The number of benzene rings is 1. The molecule has 0 radical (unpaired) electrons. The molecule has 0 saturated heterocycles. The molecular formula is C19H31N. The molecule has 112 valence electrons. The lowest BCUT2D eigenvalue weighted by atomic mass is 9.83. The zero-order valence-corrected chi connectivity index (χ0v) is 13.8. The van der Waals surface area contributed by atoms with Crippen LogP contribution in [0.2, 0.25) is 0 Å². The van der Waals surface area contributed by atoms with Crippen LogP contribution in [0.15, 0.2) is 18.2 Å². The van der Waals surface area contributed by atoms with Gasteiger partial charge in [0.1, 0.15) is 0 Å². The number of aryl methyl sites for hydroxylation is 2. The van der Waals surface area contributed by atoms with E-state index >= 15 is 0 Å². The van der Waals surface area contributed by atoms with E-state index in [9.17, 15) is 0 Å². The largest absolute Gasteiger partial charge is 0.310 e. The molecular weight excluding hydrogens is 242 g/mol. The summed E-state index contributed by atoms with van der Waals surface area (Å²) in [4.78, 5) is 0. The fourth-order valence-electron chi connectivity index (χ4n) is 3.38. The fraction of sp³-hybridized carbons (Fsp3) is 0.684. The molecule has 20 heavy (non-hydrogen) atoms. The summed E-state index contributed by atoms with van der Waals surface area (Å²) >= 11 is 0. The SMILES string of the molecule is CCCNC1CC(C)(C)CCc2ccc(CCC)cc21. The predicted molar refractivity (Wildman–Crippen MR) is 88.2 cm³/mol. The molecule has 0 amide bonds. The van der Waals surface area contributed by atoms with E-state index in [1.807, 2.05) is 0 Å². The van der Waals surface area contributed by atoms with Crippen molar-refractivity contribution in [3.63, 3.8) is 0 Å². The first-order chi connectivity index (χ1) is 9.55. The minimum absolute atomic E-state index is 0.440. The van der Waals surface area contributed by atoms with Gasteiger partial charge in [-0.1, -0.05) is 52.3 Å². The first-order valence-electron chi connectivity index (χ1n) is 8.41. The Hall–Kier alpha value is -0.820. The third-order valence-corrected chi connectivity index (χ3v) is 4.59. The Morgan fingerprint density at radius 2 is 2.00 bits per heavy atom. The fourth-order valence-corrected chi connectivity index (χ4v) is 3.38. The molecule has 0 aromatic heterocycles.